The molecule has 0 N–H and O–H groups in total. The molecule has 17 heavy (non-hydrogen) atoms. The van der Waals surface area contributed by atoms with Crippen molar-refractivity contribution < 1.29 is 16.8 Å². The van der Waals surface area contributed by atoms with Gasteiger partial charge in [-0.15, -0.1) is 4.40 Å². The highest BCUT2D eigenvalue weighted by Gasteiger charge is 2.12. The molecule has 0 bridgehead atoms. The normalized spacial score (nSPS) is 14.0. The van der Waals surface area contributed by atoms with Crippen LogP contribution in [0, 0.1) is 0 Å². The predicted molar refractivity (Wildman–Crippen MR) is 65.1 cm³/mol. The number of aromatic nitrogens is 1. The summed E-state index contributed by atoms with van der Waals surface area (Å²) in [6.07, 6.45) is 2.72. The van der Waals surface area contributed by atoms with Gasteiger partial charge in [-0.25, -0.2) is 20.8 Å². The van der Waals surface area contributed by atoms with E-state index in [1.54, 1.807) is 0 Å². The maximum absolute atomic E-state index is 11.4. The molecule has 6 nitrogen and oxygen atoms in total. The molecule has 0 spiro atoms. The zero-order valence-corrected chi connectivity index (χ0v) is 11.9. The Labute approximate surface area is 109 Å². The second-order valence-electron chi connectivity index (χ2n) is 3.21. The predicted octanol–water partition coefficient (Wildman–Crippen LogP) is 0.463. The molecule has 96 valence electrons. The summed E-state index contributed by atoms with van der Waals surface area (Å²) in [5.41, 5.74) is -0.402. The third kappa shape index (κ3) is 3.98. The van der Waals surface area contributed by atoms with Crippen molar-refractivity contribution in [3.63, 3.8) is 0 Å². The van der Waals surface area contributed by atoms with Crippen LogP contribution in [0.15, 0.2) is 16.7 Å². The number of hydrogen-bond acceptors (Lipinski definition) is 4. The van der Waals surface area contributed by atoms with Crippen LogP contribution in [0.25, 0.3) is 0 Å². The van der Waals surface area contributed by atoms with E-state index < -0.39 is 25.5 Å². The van der Waals surface area contributed by atoms with Crippen molar-refractivity contribution in [2.45, 2.75) is 0 Å². The Kier molecular flexibility index (Phi) is 3.92. The lowest BCUT2D eigenvalue weighted by Crippen LogP contribution is -2.28. The lowest BCUT2D eigenvalue weighted by Gasteiger charge is -2.06. The summed E-state index contributed by atoms with van der Waals surface area (Å²) in [5.74, 6) is 0. The summed E-state index contributed by atoms with van der Waals surface area (Å²) in [5, 5.41) is -0.124. The molecule has 0 saturated carbocycles. The molecule has 1 rings (SSSR count). The van der Waals surface area contributed by atoms with Gasteiger partial charge in [0, 0.05) is 6.20 Å². The zero-order chi connectivity index (χ0) is 13.4. The monoisotopic (exact) mass is 318 g/mol. The largest absolute Gasteiger partial charge is 0.252 e. The van der Waals surface area contributed by atoms with Crippen molar-refractivity contribution >= 4 is 43.2 Å². The van der Waals surface area contributed by atoms with Crippen molar-refractivity contribution in [3.05, 3.63) is 27.8 Å². The topological polar surface area (TPSA) is 85.6 Å². The molecule has 10 heteroatoms. The molecule has 0 aliphatic rings. The SMILES string of the molecule is CS(=O)(=O)/N=c1\c(Cl)cc(Cl)cn1S(C)(=O)=O. The Morgan fingerprint density at radius 2 is 1.71 bits per heavy atom. The Balaban J connectivity index is 3.91. The van der Waals surface area contributed by atoms with Gasteiger partial charge in [-0.2, -0.15) is 0 Å². The molecule has 0 atom stereocenters. The van der Waals surface area contributed by atoms with Crippen molar-refractivity contribution in [3.8, 4) is 0 Å². The average Bonchev–Trinajstić information content (AvgIpc) is 2.05. The van der Waals surface area contributed by atoms with E-state index in [2.05, 4.69) is 4.40 Å². The summed E-state index contributed by atoms with van der Waals surface area (Å²) < 4.78 is 48.8. The minimum atomic E-state index is -3.78. The summed E-state index contributed by atoms with van der Waals surface area (Å²) >= 11 is 11.4. The molecule has 0 aliphatic heterocycles. The highest BCUT2D eigenvalue weighted by Crippen LogP contribution is 2.12. The van der Waals surface area contributed by atoms with E-state index in [0.29, 0.717) is 3.97 Å². The van der Waals surface area contributed by atoms with E-state index in [9.17, 15) is 16.8 Å². The molecule has 0 fully saturated rings. The van der Waals surface area contributed by atoms with E-state index in [1.807, 2.05) is 0 Å². The number of hydrogen-bond donors (Lipinski definition) is 0. The average molecular weight is 319 g/mol. The van der Waals surface area contributed by atoms with Crippen LogP contribution in [0.3, 0.4) is 0 Å². The van der Waals surface area contributed by atoms with Crippen LogP contribution in [0.4, 0.5) is 0 Å². The maximum atomic E-state index is 11.4. The molecule has 1 aromatic heterocycles. The van der Waals surface area contributed by atoms with Crippen molar-refractivity contribution in [1.82, 2.24) is 3.97 Å². The summed E-state index contributed by atoms with van der Waals surface area (Å²) in [6.45, 7) is 0. The molecule has 0 aliphatic carbocycles. The minimum absolute atomic E-state index is 0.0490. The number of sulfonamides is 1. The second-order valence-corrected chi connectivity index (χ2v) is 7.56. The Morgan fingerprint density at radius 1 is 1.18 bits per heavy atom. The van der Waals surface area contributed by atoms with Crippen LogP contribution < -0.4 is 5.49 Å². The Hall–Kier alpha value is -0.570. The smallest absolute Gasteiger partial charge is 0.225 e. The number of nitrogens with zero attached hydrogens (tertiary/aromatic N) is 2. The van der Waals surface area contributed by atoms with Crippen LogP contribution in [0.5, 0.6) is 0 Å². The third-order valence-electron chi connectivity index (χ3n) is 1.54. The maximum Gasteiger partial charge on any atom is 0.252 e. The first-order valence-electron chi connectivity index (χ1n) is 4.05. The molecular formula is C7H8Cl2N2O4S2. The summed E-state index contributed by atoms with van der Waals surface area (Å²) in [4.78, 5) is 0. The summed E-state index contributed by atoms with van der Waals surface area (Å²) in [7, 11) is -7.54. The van der Waals surface area contributed by atoms with Crippen molar-refractivity contribution in [2.24, 2.45) is 4.40 Å². The fourth-order valence-corrected chi connectivity index (χ4v) is 2.98. The van der Waals surface area contributed by atoms with Gasteiger partial charge in [-0.05, 0) is 6.07 Å². The molecular weight excluding hydrogens is 311 g/mol. The van der Waals surface area contributed by atoms with Gasteiger partial charge >= 0.3 is 0 Å². The lowest BCUT2D eigenvalue weighted by atomic mass is 10.5. The zero-order valence-electron chi connectivity index (χ0n) is 8.75. The van der Waals surface area contributed by atoms with Gasteiger partial charge in [0.25, 0.3) is 10.0 Å². The minimum Gasteiger partial charge on any atom is -0.225 e. The Bertz CT molecular complexity index is 719. The summed E-state index contributed by atoms with van der Waals surface area (Å²) in [6, 6.07) is 1.20. The Morgan fingerprint density at radius 3 is 2.12 bits per heavy atom. The molecule has 0 aromatic carbocycles. The van der Waals surface area contributed by atoms with Crippen LogP contribution >= 0.6 is 23.2 Å². The van der Waals surface area contributed by atoms with Gasteiger partial charge in [-0.1, -0.05) is 23.2 Å². The molecule has 0 unspecified atom stereocenters. The van der Waals surface area contributed by atoms with Crippen molar-refractivity contribution in [2.75, 3.05) is 12.5 Å². The highest BCUT2D eigenvalue weighted by atomic mass is 35.5. The van der Waals surface area contributed by atoms with Gasteiger partial charge in [-0.3, -0.25) is 0 Å². The van der Waals surface area contributed by atoms with E-state index in [0.717, 1.165) is 18.7 Å². The second kappa shape index (κ2) is 4.60. The van der Waals surface area contributed by atoms with Gasteiger partial charge in [0.05, 0.1) is 22.6 Å². The first-order chi connectivity index (χ1) is 7.50. The first kappa shape index (κ1) is 14.5. The van der Waals surface area contributed by atoms with Crippen LogP contribution in [0.2, 0.25) is 10.0 Å². The fourth-order valence-electron chi connectivity index (χ4n) is 0.995. The number of rotatable bonds is 2. The molecule has 0 radical (unpaired) electrons. The molecule has 0 amide bonds. The van der Waals surface area contributed by atoms with Crippen LogP contribution in [0.1, 0.15) is 0 Å². The van der Waals surface area contributed by atoms with Gasteiger partial charge in [0.1, 0.15) is 0 Å². The quantitative estimate of drug-likeness (QED) is 0.793. The lowest BCUT2D eigenvalue weighted by molar-refractivity contribution is 0.590. The first-order valence-corrected chi connectivity index (χ1v) is 8.50. The third-order valence-corrected chi connectivity index (χ3v) is 3.52. The van der Waals surface area contributed by atoms with Crippen LogP contribution in [-0.4, -0.2) is 33.3 Å². The molecule has 0 saturated heterocycles. The van der Waals surface area contributed by atoms with Gasteiger partial charge in [0.15, 0.2) is 5.49 Å². The standard InChI is InChI=1S/C7H8Cl2N2O4S2/c1-16(12,13)10-7-6(9)3-5(8)4-11(7)17(2,14)15/h3-4H,1-2H3/b10-7+. The van der Waals surface area contributed by atoms with Crippen molar-refractivity contribution in [1.29, 1.82) is 0 Å². The van der Waals surface area contributed by atoms with E-state index in [4.69, 9.17) is 23.2 Å². The number of halogens is 2. The molecule has 1 aromatic rings. The van der Waals surface area contributed by atoms with Gasteiger partial charge < -0.3 is 0 Å². The van der Waals surface area contributed by atoms with Crippen LogP contribution in [-0.2, 0) is 20.0 Å². The highest BCUT2D eigenvalue weighted by molar-refractivity contribution is 7.89. The number of pyridine rings is 1. The van der Waals surface area contributed by atoms with E-state index in [-0.39, 0.29) is 10.0 Å². The fraction of sp³-hybridized carbons (Fsp3) is 0.286. The molecule has 1 heterocycles. The van der Waals surface area contributed by atoms with Gasteiger partial charge in [0.2, 0.25) is 10.0 Å². The van der Waals surface area contributed by atoms with E-state index >= 15 is 0 Å². The van der Waals surface area contributed by atoms with E-state index in [1.165, 1.54) is 6.07 Å².